The number of carbonyl (C=O) groups excluding carboxylic acids is 2. The summed E-state index contributed by atoms with van der Waals surface area (Å²) in [7, 11) is 1.53. The average Bonchev–Trinajstić information content (AvgIpc) is 3.46. The first-order valence-electron chi connectivity index (χ1n) is 12.9. The highest BCUT2D eigenvalue weighted by Gasteiger charge is 2.59. The van der Waals surface area contributed by atoms with Gasteiger partial charge in [0.1, 0.15) is 17.8 Å². The van der Waals surface area contributed by atoms with Crippen LogP contribution in [0.2, 0.25) is 0 Å². The number of benzene rings is 3. The van der Waals surface area contributed by atoms with Crippen molar-refractivity contribution in [2.45, 2.75) is 37.4 Å². The van der Waals surface area contributed by atoms with Crippen LogP contribution in [0.5, 0.6) is 0 Å². The number of ether oxygens (including phenoxy) is 5. The molecule has 0 bridgehead atoms. The summed E-state index contributed by atoms with van der Waals surface area (Å²) in [5.74, 6) is -2.02. The molecule has 38 heavy (non-hydrogen) atoms. The van der Waals surface area contributed by atoms with Crippen molar-refractivity contribution in [3.63, 3.8) is 0 Å². The van der Waals surface area contributed by atoms with Gasteiger partial charge >= 0.3 is 11.9 Å². The van der Waals surface area contributed by atoms with Crippen LogP contribution in [0, 0.1) is 11.8 Å². The fourth-order valence-electron chi connectivity index (χ4n) is 5.64. The SMILES string of the molecule is CCOC(=O)C[C@H]1C(=O)O[C@H]2[C@@H]1[C@H](OC)O[C@@H]2COC(c1ccccc1)(c1ccccc1)c1ccccc1. The Morgan fingerprint density at radius 1 is 0.868 bits per heavy atom. The fraction of sp³-hybridized carbons (Fsp3) is 0.355. The molecule has 3 aromatic rings. The minimum Gasteiger partial charge on any atom is -0.466 e. The molecule has 0 saturated carbocycles. The second kappa shape index (κ2) is 11.5. The van der Waals surface area contributed by atoms with E-state index >= 15 is 0 Å². The maximum Gasteiger partial charge on any atom is 0.310 e. The normalized spacial score (nSPS) is 24.6. The minimum atomic E-state index is -0.944. The van der Waals surface area contributed by atoms with E-state index in [0.717, 1.165) is 16.7 Å². The van der Waals surface area contributed by atoms with Gasteiger partial charge in [-0.2, -0.15) is 0 Å². The molecule has 2 aliphatic rings. The average molecular weight is 517 g/mol. The summed E-state index contributed by atoms with van der Waals surface area (Å²) in [5, 5.41) is 0. The van der Waals surface area contributed by atoms with Crippen LogP contribution >= 0.6 is 0 Å². The van der Waals surface area contributed by atoms with Crippen LogP contribution in [0.25, 0.3) is 0 Å². The molecule has 0 unspecified atom stereocenters. The highest BCUT2D eigenvalue weighted by atomic mass is 16.7. The number of fused-ring (bicyclic) bond motifs is 1. The van der Waals surface area contributed by atoms with Crippen LogP contribution in [0.3, 0.4) is 0 Å². The van der Waals surface area contributed by atoms with Gasteiger partial charge < -0.3 is 23.7 Å². The number of hydrogen-bond donors (Lipinski definition) is 0. The van der Waals surface area contributed by atoms with Gasteiger partial charge in [0.15, 0.2) is 6.29 Å². The Hall–Kier alpha value is -3.52. The van der Waals surface area contributed by atoms with Crippen molar-refractivity contribution in [2.75, 3.05) is 20.3 Å². The molecular formula is C31H32O7. The van der Waals surface area contributed by atoms with Gasteiger partial charge in [-0.05, 0) is 23.6 Å². The summed E-state index contributed by atoms with van der Waals surface area (Å²) in [6.07, 6.45) is -1.98. The molecule has 7 nitrogen and oxygen atoms in total. The number of carbonyl (C=O) groups is 2. The van der Waals surface area contributed by atoms with E-state index in [1.807, 2.05) is 91.0 Å². The van der Waals surface area contributed by atoms with E-state index < -0.39 is 47.9 Å². The summed E-state index contributed by atoms with van der Waals surface area (Å²) in [6, 6.07) is 30.1. The Morgan fingerprint density at radius 2 is 1.39 bits per heavy atom. The third-order valence-electron chi connectivity index (χ3n) is 7.32. The molecular weight excluding hydrogens is 484 g/mol. The molecule has 2 fully saturated rings. The summed E-state index contributed by atoms with van der Waals surface area (Å²) in [6.45, 7) is 2.10. The number of methoxy groups -OCH3 is 1. The molecule has 5 atom stereocenters. The van der Waals surface area contributed by atoms with E-state index in [2.05, 4.69) is 0 Å². The van der Waals surface area contributed by atoms with Crippen molar-refractivity contribution >= 4 is 11.9 Å². The Morgan fingerprint density at radius 3 is 1.87 bits per heavy atom. The van der Waals surface area contributed by atoms with Crippen molar-refractivity contribution in [1.29, 1.82) is 0 Å². The lowest BCUT2D eigenvalue weighted by atomic mass is 9.80. The van der Waals surface area contributed by atoms with E-state index in [-0.39, 0.29) is 19.6 Å². The smallest absolute Gasteiger partial charge is 0.310 e. The topological polar surface area (TPSA) is 80.3 Å². The van der Waals surface area contributed by atoms with Crippen molar-refractivity contribution in [1.82, 2.24) is 0 Å². The van der Waals surface area contributed by atoms with Crippen LogP contribution in [0.1, 0.15) is 30.0 Å². The van der Waals surface area contributed by atoms with E-state index in [1.165, 1.54) is 7.11 Å². The Labute approximate surface area is 222 Å². The Kier molecular flexibility index (Phi) is 7.88. The quantitative estimate of drug-likeness (QED) is 0.290. The van der Waals surface area contributed by atoms with Crippen LogP contribution in [0.4, 0.5) is 0 Å². The van der Waals surface area contributed by atoms with Gasteiger partial charge in [0.2, 0.25) is 0 Å². The van der Waals surface area contributed by atoms with E-state index in [0.29, 0.717) is 0 Å². The first-order chi connectivity index (χ1) is 18.6. The predicted molar refractivity (Wildman–Crippen MR) is 139 cm³/mol. The van der Waals surface area contributed by atoms with Gasteiger partial charge in [0, 0.05) is 7.11 Å². The minimum absolute atomic E-state index is 0.0768. The monoisotopic (exact) mass is 516 g/mol. The van der Waals surface area contributed by atoms with Gasteiger partial charge in [0.05, 0.1) is 31.5 Å². The number of rotatable bonds is 10. The summed E-state index contributed by atoms with van der Waals surface area (Å²) >= 11 is 0. The molecule has 3 aromatic carbocycles. The highest BCUT2D eigenvalue weighted by Crippen LogP contribution is 2.45. The second-order valence-corrected chi connectivity index (χ2v) is 9.46. The van der Waals surface area contributed by atoms with Gasteiger partial charge in [-0.15, -0.1) is 0 Å². The molecule has 0 radical (unpaired) electrons. The van der Waals surface area contributed by atoms with E-state index in [9.17, 15) is 9.59 Å². The van der Waals surface area contributed by atoms with Crippen LogP contribution in [-0.4, -0.2) is 50.8 Å². The standard InChI is InChI=1S/C31H32O7/c1-3-35-26(32)19-24-27-28(38-29(24)33)25(37-30(27)34-2)20-36-31(21-13-7-4-8-14-21,22-15-9-5-10-16-22)23-17-11-6-12-18-23/h4-18,24-25,27-28,30H,3,19-20H2,1-2H3/t24-,25-,27-,28-,30-/m1/s1. The summed E-state index contributed by atoms with van der Waals surface area (Å²) in [4.78, 5) is 25.0. The molecule has 2 aliphatic heterocycles. The van der Waals surface area contributed by atoms with Crippen molar-refractivity contribution in [3.8, 4) is 0 Å². The predicted octanol–water partition coefficient (Wildman–Crippen LogP) is 4.48. The first-order valence-corrected chi connectivity index (χ1v) is 12.9. The summed E-state index contributed by atoms with van der Waals surface area (Å²) in [5.41, 5.74) is 1.93. The first kappa shape index (κ1) is 26.1. The van der Waals surface area contributed by atoms with Gasteiger partial charge in [0.25, 0.3) is 0 Å². The van der Waals surface area contributed by atoms with Crippen LogP contribution in [-0.2, 0) is 38.9 Å². The van der Waals surface area contributed by atoms with E-state index in [1.54, 1.807) is 6.92 Å². The molecule has 2 saturated heterocycles. The fourth-order valence-corrected chi connectivity index (χ4v) is 5.64. The van der Waals surface area contributed by atoms with Gasteiger partial charge in [-0.25, -0.2) is 0 Å². The zero-order valence-corrected chi connectivity index (χ0v) is 21.5. The maximum absolute atomic E-state index is 12.8. The molecule has 198 valence electrons. The molecule has 0 N–H and O–H groups in total. The highest BCUT2D eigenvalue weighted by molar-refractivity contribution is 5.82. The number of hydrogen-bond acceptors (Lipinski definition) is 7. The second-order valence-electron chi connectivity index (χ2n) is 9.46. The Balaban J connectivity index is 1.48. The van der Waals surface area contributed by atoms with Gasteiger partial charge in [-0.1, -0.05) is 91.0 Å². The van der Waals surface area contributed by atoms with Crippen molar-refractivity contribution < 1.29 is 33.3 Å². The van der Waals surface area contributed by atoms with Gasteiger partial charge in [-0.3, -0.25) is 9.59 Å². The largest absolute Gasteiger partial charge is 0.466 e. The van der Waals surface area contributed by atoms with Crippen molar-refractivity contribution in [2.24, 2.45) is 11.8 Å². The molecule has 2 heterocycles. The zero-order chi connectivity index (χ0) is 26.5. The Bertz CT molecular complexity index is 1120. The van der Waals surface area contributed by atoms with Crippen LogP contribution < -0.4 is 0 Å². The maximum atomic E-state index is 12.8. The van der Waals surface area contributed by atoms with Crippen molar-refractivity contribution in [3.05, 3.63) is 108 Å². The third-order valence-corrected chi connectivity index (χ3v) is 7.32. The van der Waals surface area contributed by atoms with E-state index in [4.69, 9.17) is 23.7 Å². The zero-order valence-electron chi connectivity index (χ0n) is 21.5. The molecule has 0 amide bonds. The molecule has 5 rings (SSSR count). The lowest BCUT2D eigenvalue weighted by molar-refractivity contribution is -0.175. The number of esters is 2. The molecule has 0 aromatic heterocycles. The van der Waals surface area contributed by atoms with Crippen LogP contribution in [0.15, 0.2) is 91.0 Å². The lowest BCUT2D eigenvalue weighted by Gasteiger charge is -2.37. The third kappa shape index (κ3) is 4.85. The lowest BCUT2D eigenvalue weighted by Crippen LogP contribution is -2.38. The molecule has 0 aliphatic carbocycles. The molecule has 0 spiro atoms. The summed E-state index contributed by atoms with van der Waals surface area (Å²) < 4.78 is 29.6. The molecule has 7 heteroatoms.